The molecule has 16 heavy (non-hydrogen) atoms. The number of hydrogen-bond acceptors (Lipinski definition) is 3. The van der Waals surface area contributed by atoms with Crippen LogP contribution >= 0.6 is 11.3 Å². The molecule has 2 rings (SSSR count). The van der Waals surface area contributed by atoms with Crippen molar-refractivity contribution < 1.29 is 4.79 Å². The maximum atomic E-state index is 11.8. The minimum absolute atomic E-state index is 0.101. The number of anilines is 1. The SMILES string of the molecule is Cc1ccnc(NC(=O)c2ccc(C)s2)c1. The van der Waals surface area contributed by atoms with Crippen LogP contribution in [0.15, 0.2) is 30.5 Å². The Balaban J connectivity index is 2.13. The van der Waals surface area contributed by atoms with E-state index >= 15 is 0 Å². The number of hydrogen-bond donors (Lipinski definition) is 1. The molecule has 0 radical (unpaired) electrons. The second kappa shape index (κ2) is 4.45. The fraction of sp³-hybridized carbons (Fsp3) is 0.167. The third-order valence-corrected chi connectivity index (χ3v) is 3.12. The van der Waals surface area contributed by atoms with Crippen LogP contribution in [-0.2, 0) is 0 Å². The lowest BCUT2D eigenvalue weighted by atomic mass is 10.3. The van der Waals surface area contributed by atoms with Gasteiger partial charge >= 0.3 is 0 Å². The van der Waals surface area contributed by atoms with Crippen LogP contribution in [0.3, 0.4) is 0 Å². The van der Waals surface area contributed by atoms with E-state index in [2.05, 4.69) is 10.3 Å². The molecule has 1 N–H and O–H groups in total. The summed E-state index contributed by atoms with van der Waals surface area (Å²) in [5.41, 5.74) is 1.08. The van der Waals surface area contributed by atoms with Crippen LogP contribution in [0.2, 0.25) is 0 Å². The Morgan fingerprint density at radius 3 is 2.75 bits per heavy atom. The van der Waals surface area contributed by atoms with Gasteiger partial charge in [0.25, 0.3) is 5.91 Å². The number of nitrogens with one attached hydrogen (secondary N) is 1. The van der Waals surface area contributed by atoms with Gasteiger partial charge in [-0.2, -0.15) is 0 Å². The number of aromatic nitrogens is 1. The average molecular weight is 232 g/mol. The van der Waals surface area contributed by atoms with E-state index in [0.717, 1.165) is 10.4 Å². The van der Waals surface area contributed by atoms with Crippen molar-refractivity contribution in [1.29, 1.82) is 0 Å². The molecule has 0 fully saturated rings. The topological polar surface area (TPSA) is 42.0 Å². The van der Waals surface area contributed by atoms with Gasteiger partial charge in [-0.15, -0.1) is 11.3 Å². The molecule has 0 spiro atoms. The Labute approximate surface area is 98.2 Å². The van der Waals surface area contributed by atoms with Crippen LogP contribution in [0.1, 0.15) is 20.1 Å². The van der Waals surface area contributed by atoms with Gasteiger partial charge in [-0.1, -0.05) is 0 Å². The summed E-state index contributed by atoms with van der Waals surface area (Å²) < 4.78 is 0. The largest absolute Gasteiger partial charge is 0.306 e. The first kappa shape index (κ1) is 10.8. The Morgan fingerprint density at radius 1 is 1.31 bits per heavy atom. The second-order valence-corrected chi connectivity index (χ2v) is 4.87. The number of pyridine rings is 1. The number of carbonyl (C=O) groups excluding carboxylic acids is 1. The van der Waals surface area contributed by atoms with Crippen LogP contribution in [0.4, 0.5) is 5.82 Å². The highest BCUT2D eigenvalue weighted by Crippen LogP contribution is 2.16. The summed E-state index contributed by atoms with van der Waals surface area (Å²) in [5.74, 6) is 0.493. The molecular weight excluding hydrogens is 220 g/mol. The predicted octanol–water partition coefficient (Wildman–Crippen LogP) is 3.01. The fourth-order valence-electron chi connectivity index (χ4n) is 1.34. The lowest BCUT2D eigenvalue weighted by molar-refractivity contribution is 0.103. The van der Waals surface area contributed by atoms with E-state index in [-0.39, 0.29) is 5.91 Å². The molecular formula is C12H12N2OS. The van der Waals surface area contributed by atoms with E-state index in [0.29, 0.717) is 10.7 Å². The van der Waals surface area contributed by atoms with E-state index < -0.39 is 0 Å². The Bertz CT molecular complexity index is 519. The van der Waals surface area contributed by atoms with E-state index in [4.69, 9.17) is 0 Å². The number of thiophene rings is 1. The van der Waals surface area contributed by atoms with Crippen molar-refractivity contribution in [3.05, 3.63) is 45.8 Å². The number of rotatable bonds is 2. The average Bonchev–Trinajstić information content (AvgIpc) is 2.65. The van der Waals surface area contributed by atoms with Crippen molar-refractivity contribution in [3.8, 4) is 0 Å². The van der Waals surface area contributed by atoms with Gasteiger partial charge in [0.05, 0.1) is 4.88 Å². The zero-order valence-electron chi connectivity index (χ0n) is 9.15. The van der Waals surface area contributed by atoms with Gasteiger partial charge in [0.15, 0.2) is 0 Å². The van der Waals surface area contributed by atoms with Gasteiger partial charge in [0.1, 0.15) is 5.82 Å². The summed E-state index contributed by atoms with van der Waals surface area (Å²) in [6.07, 6.45) is 1.69. The quantitative estimate of drug-likeness (QED) is 0.864. The first-order chi connectivity index (χ1) is 7.65. The molecule has 0 atom stereocenters. The molecule has 1 amide bonds. The van der Waals surface area contributed by atoms with Gasteiger partial charge in [0.2, 0.25) is 0 Å². The lowest BCUT2D eigenvalue weighted by Gasteiger charge is -2.02. The monoisotopic (exact) mass is 232 g/mol. The Hall–Kier alpha value is -1.68. The maximum absolute atomic E-state index is 11.8. The third-order valence-electron chi connectivity index (χ3n) is 2.12. The zero-order valence-corrected chi connectivity index (χ0v) is 9.97. The van der Waals surface area contributed by atoms with Crippen LogP contribution in [0.5, 0.6) is 0 Å². The minimum atomic E-state index is -0.101. The molecule has 82 valence electrons. The van der Waals surface area contributed by atoms with Crippen LogP contribution < -0.4 is 5.32 Å². The smallest absolute Gasteiger partial charge is 0.266 e. The summed E-state index contributed by atoms with van der Waals surface area (Å²) in [7, 11) is 0. The number of amides is 1. The standard InChI is InChI=1S/C12H12N2OS/c1-8-5-6-13-11(7-8)14-12(15)10-4-3-9(2)16-10/h3-7H,1-2H3,(H,13,14,15). The Morgan fingerprint density at radius 2 is 2.12 bits per heavy atom. The van der Waals surface area contributed by atoms with E-state index in [1.165, 1.54) is 11.3 Å². The fourth-order valence-corrected chi connectivity index (χ4v) is 2.10. The van der Waals surface area contributed by atoms with Gasteiger partial charge in [0, 0.05) is 11.1 Å². The molecule has 0 aliphatic carbocycles. The molecule has 0 saturated carbocycles. The maximum Gasteiger partial charge on any atom is 0.266 e. The number of aryl methyl sites for hydroxylation is 2. The zero-order chi connectivity index (χ0) is 11.5. The summed E-state index contributed by atoms with van der Waals surface area (Å²) in [5, 5.41) is 2.77. The molecule has 2 aromatic heterocycles. The first-order valence-electron chi connectivity index (χ1n) is 4.95. The van der Waals surface area contributed by atoms with Crippen molar-refractivity contribution in [2.75, 3.05) is 5.32 Å². The molecule has 4 heteroatoms. The highest BCUT2D eigenvalue weighted by Gasteiger charge is 2.08. The van der Waals surface area contributed by atoms with Crippen molar-refractivity contribution in [1.82, 2.24) is 4.98 Å². The molecule has 0 saturated heterocycles. The number of nitrogens with zero attached hydrogens (tertiary/aromatic N) is 1. The normalized spacial score (nSPS) is 10.1. The molecule has 2 aromatic rings. The molecule has 0 aromatic carbocycles. The summed E-state index contributed by atoms with van der Waals surface area (Å²) in [4.78, 5) is 17.7. The minimum Gasteiger partial charge on any atom is -0.306 e. The molecule has 0 aliphatic rings. The van der Waals surface area contributed by atoms with Crippen LogP contribution in [0.25, 0.3) is 0 Å². The third kappa shape index (κ3) is 2.46. The van der Waals surface area contributed by atoms with E-state index in [9.17, 15) is 4.79 Å². The van der Waals surface area contributed by atoms with Gasteiger partial charge in [-0.05, 0) is 43.7 Å². The van der Waals surface area contributed by atoms with Gasteiger partial charge in [-0.25, -0.2) is 4.98 Å². The molecule has 0 bridgehead atoms. The second-order valence-electron chi connectivity index (χ2n) is 3.58. The highest BCUT2D eigenvalue weighted by molar-refractivity contribution is 7.14. The molecule has 3 nitrogen and oxygen atoms in total. The Kier molecular flexibility index (Phi) is 3.01. The number of carbonyl (C=O) groups is 1. The molecule has 2 heterocycles. The summed E-state index contributed by atoms with van der Waals surface area (Å²) in [6, 6.07) is 7.50. The first-order valence-corrected chi connectivity index (χ1v) is 5.77. The molecule has 0 unspecified atom stereocenters. The van der Waals surface area contributed by atoms with E-state index in [1.54, 1.807) is 6.20 Å². The van der Waals surface area contributed by atoms with Crippen LogP contribution in [-0.4, -0.2) is 10.9 Å². The van der Waals surface area contributed by atoms with Crippen molar-refractivity contribution in [2.24, 2.45) is 0 Å². The lowest BCUT2D eigenvalue weighted by Crippen LogP contribution is -2.11. The predicted molar refractivity (Wildman–Crippen MR) is 66.0 cm³/mol. The highest BCUT2D eigenvalue weighted by atomic mass is 32.1. The summed E-state index contributed by atoms with van der Waals surface area (Å²) in [6.45, 7) is 3.94. The molecule has 0 aliphatic heterocycles. The summed E-state index contributed by atoms with van der Waals surface area (Å²) >= 11 is 1.48. The van der Waals surface area contributed by atoms with Crippen molar-refractivity contribution in [3.63, 3.8) is 0 Å². The van der Waals surface area contributed by atoms with Crippen molar-refractivity contribution in [2.45, 2.75) is 13.8 Å². The van der Waals surface area contributed by atoms with Crippen molar-refractivity contribution >= 4 is 23.1 Å². The van der Waals surface area contributed by atoms with E-state index in [1.807, 2.05) is 38.1 Å². The van der Waals surface area contributed by atoms with Gasteiger partial charge in [-0.3, -0.25) is 4.79 Å². The van der Waals surface area contributed by atoms with Gasteiger partial charge < -0.3 is 5.32 Å². The van der Waals surface area contributed by atoms with Crippen LogP contribution in [0, 0.1) is 13.8 Å².